The molecule has 1 aromatic heterocycles. The maximum atomic E-state index is 13.2. The Hall–Kier alpha value is -2.67. The molecule has 1 heterocycles. The van der Waals surface area contributed by atoms with Gasteiger partial charge in [0.05, 0.1) is 5.75 Å². The highest BCUT2D eigenvalue weighted by molar-refractivity contribution is 7.99. The van der Waals surface area contributed by atoms with Crippen LogP contribution in [-0.4, -0.2) is 26.4 Å². The van der Waals surface area contributed by atoms with Crippen LogP contribution in [0.3, 0.4) is 0 Å². The van der Waals surface area contributed by atoms with Crippen LogP contribution in [0.4, 0.5) is 10.1 Å². The van der Waals surface area contributed by atoms with Crippen LogP contribution in [0.15, 0.2) is 53.7 Å². The summed E-state index contributed by atoms with van der Waals surface area (Å²) in [6.07, 6.45) is 0. The van der Waals surface area contributed by atoms with Gasteiger partial charge in [0.25, 0.3) is 0 Å². The lowest BCUT2D eigenvalue weighted by Gasteiger charge is -2.08. The van der Waals surface area contributed by atoms with E-state index in [1.54, 1.807) is 12.1 Å². The van der Waals surface area contributed by atoms with Crippen molar-refractivity contribution in [3.8, 4) is 11.4 Å². The number of aryl methyl sites for hydroxylation is 1. The summed E-state index contributed by atoms with van der Waals surface area (Å²) >= 11 is 1.31. The van der Waals surface area contributed by atoms with Crippen LogP contribution in [-0.2, 0) is 11.3 Å². The van der Waals surface area contributed by atoms with Crippen LogP contribution < -0.4 is 5.32 Å². The van der Waals surface area contributed by atoms with E-state index in [1.165, 1.54) is 29.5 Å². The van der Waals surface area contributed by atoms with Gasteiger partial charge < -0.3 is 9.88 Å². The molecule has 3 rings (SSSR count). The third kappa shape index (κ3) is 4.29. The lowest BCUT2D eigenvalue weighted by atomic mass is 10.1. The first-order chi connectivity index (χ1) is 12.6. The number of amides is 1. The Morgan fingerprint density at radius 1 is 1.19 bits per heavy atom. The molecule has 0 spiro atoms. The van der Waals surface area contributed by atoms with Crippen LogP contribution in [0.2, 0.25) is 0 Å². The molecule has 0 saturated heterocycles. The molecule has 26 heavy (non-hydrogen) atoms. The number of benzene rings is 2. The van der Waals surface area contributed by atoms with Gasteiger partial charge in [-0.05, 0) is 32.0 Å². The second-order valence-electron chi connectivity index (χ2n) is 5.76. The van der Waals surface area contributed by atoms with Gasteiger partial charge in [-0.2, -0.15) is 0 Å². The number of nitrogens with one attached hydrogen (secondary N) is 1. The minimum Gasteiger partial charge on any atom is -0.325 e. The summed E-state index contributed by atoms with van der Waals surface area (Å²) in [5.41, 5.74) is 2.61. The van der Waals surface area contributed by atoms with Crippen molar-refractivity contribution in [1.29, 1.82) is 0 Å². The predicted molar refractivity (Wildman–Crippen MR) is 102 cm³/mol. The molecule has 0 aliphatic heterocycles. The van der Waals surface area contributed by atoms with Crippen molar-refractivity contribution in [2.75, 3.05) is 11.1 Å². The molecular formula is C19H19FN4OS. The van der Waals surface area contributed by atoms with Crippen molar-refractivity contribution in [3.05, 3.63) is 59.9 Å². The van der Waals surface area contributed by atoms with Gasteiger partial charge in [0, 0.05) is 17.8 Å². The molecule has 0 saturated carbocycles. The molecule has 3 aromatic rings. The molecule has 0 fully saturated rings. The van der Waals surface area contributed by atoms with Gasteiger partial charge >= 0.3 is 0 Å². The first-order valence-electron chi connectivity index (χ1n) is 8.25. The third-order valence-electron chi connectivity index (χ3n) is 3.78. The van der Waals surface area contributed by atoms with E-state index < -0.39 is 0 Å². The fourth-order valence-electron chi connectivity index (χ4n) is 2.49. The summed E-state index contributed by atoms with van der Waals surface area (Å²) in [5.74, 6) is 0.343. The quantitative estimate of drug-likeness (QED) is 0.663. The van der Waals surface area contributed by atoms with E-state index >= 15 is 0 Å². The molecule has 1 amide bonds. The first-order valence-corrected chi connectivity index (χ1v) is 9.24. The van der Waals surface area contributed by atoms with E-state index in [4.69, 9.17) is 0 Å². The van der Waals surface area contributed by atoms with Crippen molar-refractivity contribution >= 4 is 23.4 Å². The largest absolute Gasteiger partial charge is 0.325 e. The van der Waals surface area contributed by atoms with Crippen molar-refractivity contribution in [3.63, 3.8) is 0 Å². The van der Waals surface area contributed by atoms with Gasteiger partial charge in [-0.15, -0.1) is 10.2 Å². The normalized spacial score (nSPS) is 10.7. The molecule has 7 heteroatoms. The Bertz CT molecular complexity index is 908. The average molecular weight is 370 g/mol. The van der Waals surface area contributed by atoms with Crippen molar-refractivity contribution < 1.29 is 9.18 Å². The number of rotatable bonds is 6. The summed E-state index contributed by atoms with van der Waals surface area (Å²) in [6.45, 7) is 4.74. The minimum absolute atomic E-state index is 0.169. The zero-order chi connectivity index (χ0) is 18.5. The van der Waals surface area contributed by atoms with Crippen molar-refractivity contribution in [2.45, 2.75) is 25.5 Å². The number of halogens is 1. The lowest BCUT2D eigenvalue weighted by molar-refractivity contribution is -0.113. The van der Waals surface area contributed by atoms with Crippen molar-refractivity contribution in [1.82, 2.24) is 14.8 Å². The third-order valence-corrected chi connectivity index (χ3v) is 4.75. The number of thioether (sulfide) groups is 1. The Morgan fingerprint density at radius 3 is 2.65 bits per heavy atom. The zero-order valence-corrected chi connectivity index (χ0v) is 15.4. The maximum Gasteiger partial charge on any atom is 0.234 e. The number of hydrogen-bond acceptors (Lipinski definition) is 4. The van der Waals surface area contributed by atoms with Gasteiger partial charge in [0.1, 0.15) is 5.82 Å². The Labute approximate surface area is 155 Å². The minimum atomic E-state index is -0.385. The van der Waals surface area contributed by atoms with E-state index in [9.17, 15) is 9.18 Å². The van der Waals surface area contributed by atoms with E-state index in [1.807, 2.05) is 42.7 Å². The Balaban J connectivity index is 1.68. The number of carbonyl (C=O) groups excluding carboxylic acids is 1. The van der Waals surface area contributed by atoms with Crippen LogP contribution in [0, 0.1) is 12.7 Å². The standard InChI is InChI=1S/C19H19FN4OS/c1-3-24-18(14-9-7-13(2)8-10-14)22-23-19(24)26-12-17(25)21-16-6-4-5-15(20)11-16/h4-11H,3,12H2,1-2H3,(H,21,25). The van der Waals surface area contributed by atoms with Crippen LogP contribution in [0.1, 0.15) is 12.5 Å². The predicted octanol–water partition coefficient (Wildman–Crippen LogP) is 4.14. The number of aromatic nitrogens is 3. The summed E-state index contributed by atoms with van der Waals surface area (Å²) < 4.78 is 15.2. The summed E-state index contributed by atoms with van der Waals surface area (Å²) in [7, 11) is 0. The highest BCUT2D eigenvalue weighted by Crippen LogP contribution is 2.24. The smallest absolute Gasteiger partial charge is 0.234 e. The summed E-state index contributed by atoms with van der Waals surface area (Å²) in [4.78, 5) is 12.1. The van der Waals surface area contributed by atoms with E-state index in [0.717, 1.165) is 11.4 Å². The Morgan fingerprint density at radius 2 is 1.96 bits per heavy atom. The van der Waals surface area contributed by atoms with Gasteiger partial charge in [0.2, 0.25) is 5.91 Å². The molecule has 0 bridgehead atoms. The van der Waals surface area contributed by atoms with E-state index in [-0.39, 0.29) is 17.5 Å². The van der Waals surface area contributed by atoms with Crippen LogP contribution >= 0.6 is 11.8 Å². The molecule has 0 atom stereocenters. The van der Waals surface area contributed by atoms with Crippen LogP contribution in [0.25, 0.3) is 11.4 Å². The molecule has 134 valence electrons. The van der Waals surface area contributed by atoms with E-state index in [0.29, 0.717) is 17.4 Å². The van der Waals surface area contributed by atoms with Crippen LogP contribution in [0.5, 0.6) is 0 Å². The SMILES string of the molecule is CCn1c(SCC(=O)Nc2cccc(F)c2)nnc1-c1ccc(C)cc1. The number of carbonyl (C=O) groups is 1. The topological polar surface area (TPSA) is 59.8 Å². The zero-order valence-electron chi connectivity index (χ0n) is 14.6. The summed E-state index contributed by atoms with van der Waals surface area (Å²) in [5, 5.41) is 11.8. The van der Waals surface area contributed by atoms with Gasteiger partial charge in [-0.3, -0.25) is 4.79 Å². The van der Waals surface area contributed by atoms with Gasteiger partial charge in [-0.1, -0.05) is 47.7 Å². The second kappa shape index (κ2) is 8.14. The molecule has 0 aliphatic carbocycles. The molecule has 1 N–H and O–H groups in total. The van der Waals surface area contributed by atoms with Gasteiger partial charge in [-0.25, -0.2) is 4.39 Å². The number of nitrogens with zero attached hydrogens (tertiary/aromatic N) is 3. The fraction of sp³-hybridized carbons (Fsp3) is 0.211. The van der Waals surface area contributed by atoms with Crippen molar-refractivity contribution in [2.24, 2.45) is 0 Å². The summed E-state index contributed by atoms with van der Waals surface area (Å²) in [6, 6.07) is 13.9. The molecule has 5 nitrogen and oxygen atoms in total. The molecular weight excluding hydrogens is 351 g/mol. The molecule has 0 radical (unpaired) electrons. The molecule has 2 aromatic carbocycles. The Kier molecular flexibility index (Phi) is 5.68. The second-order valence-corrected chi connectivity index (χ2v) is 6.71. The molecule has 0 unspecified atom stereocenters. The lowest BCUT2D eigenvalue weighted by Crippen LogP contribution is -2.14. The molecule has 0 aliphatic rings. The average Bonchev–Trinajstić information content (AvgIpc) is 3.03. The highest BCUT2D eigenvalue weighted by Gasteiger charge is 2.14. The van der Waals surface area contributed by atoms with Gasteiger partial charge in [0.15, 0.2) is 11.0 Å². The first kappa shape index (κ1) is 18.1. The number of hydrogen-bond donors (Lipinski definition) is 1. The number of anilines is 1. The highest BCUT2D eigenvalue weighted by atomic mass is 32.2. The fourth-order valence-corrected chi connectivity index (χ4v) is 3.29. The monoisotopic (exact) mass is 370 g/mol. The van der Waals surface area contributed by atoms with E-state index in [2.05, 4.69) is 15.5 Å². The maximum absolute atomic E-state index is 13.2.